The third-order valence-electron chi connectivity index (χ3n) is 5.90. The van der Waals surface area contributed by atoms with Gasteiger partial charge >= 0.3 is 0 Å². The van der Waals surface area contributed by atoms with Gasteiger partial charge in [0.15, 0.2) is 0 Å². The van der Waals surface area contributed by atoms with E-state index in [0.717, 1.165) is 36.5 Å². The van der Waals surface area contributed by atoms with Crippen LogP contribution in [0.4, 0.5) is 11.4 Å². The lowest BCUT2D eigenvalue weighted by Crippen LogP contribution is -2.33. The molecule has 174 valence electrons. The predicted octanol–water partition coefficient (Wildman–Crippen LogP) is 6.20. The summed E-state index contributed by atoms with van der Waals surface area (Å²) in [5, 5.41) is 0. The second kappa shape index (κ2) is 11.6. The molecule has 1 saturated heterocycles. The minimum absolute atomic E-state index is 0.00748. The molecule has 33 heavy (non-hydrogen) atoms. The highest BCUT2D eigenvalue weighted by molar-refractivity contribution is 7.99. The molecule has 0 aliphatic carbocycles. The Morgan fingerprint density at radius 2 is 1.42 bits per heavy atom. The van der Waals surface area contributed by atoms with Crippen molar-refractivity contribution in [1.82, 2.24) is 0 Å². The van der Waals surface area contributed by atoms with E-state index in [2.05, 4.69) is 29.2 Å². The van der Waals surface area contributed by atoms with Gasteiger partial charge in [-0.2, -0.15) is 0 Å². The summed E-state index contributed by atoms with van der Waals surface area (Å²) in [6.45, 7) is 2.62. The number of hydrogen-bond donors (Lipinski definition) is 0. The Morgan fingerprint density at radius 1 is 0.788 bits per heavy atom. The summed E-state index contributed by atoms with van der Waals surface area (Å²) >= 11 is 1.77. The number of benzene rings is 3. The maximum Gasteiger partial charge on any atom is 0.239 e. The Labute approximate surface area is 202 Å². The average Bonchev–Trinajstić information content (AvgIpc) is 2.85. The van der Waals surface area contributed by atoms with Crippen LogP contribution in [0.3, 0.4) is 0 Å². The van der Waals surface area contributed by atoms with Crippen molar-refractivity contribution in [2.75, 3.05) is 34.6 Å². The van der Waals surface area contributed by atoms with Gasteiger partial charge in [-0.1, -0.05) is 48.5 Å². The van der Waals surface area contributed by atoms with Gasteiger partial charge in [-0.25, -0.2) is 8.42 Å². The minimum atomic E-state index is -3.50. The first-order valence-electron chi connectivity index (χ1n) is 11.7. The van der Waals surface area contributed by atoms with E-state index in [9.17, 15) is 8.42 Å². The van der Waals surface area contributed by atoms with E-state index in [1.807, 2.05) is 60.7 Å². The quantitative estimate of drug-likeness (QED) is 0.256. The molecule has 0 radical (unpaired) electrons. The minimum Gasteiger partial charge on any atom is -0.372 e. The molecule has 0 unspecified atom stereocenters. The maximum atomic E-state index is 13.5. The number of rotatable bonds is 10. The summed E-state index contributed by atoms with van der Waals surface area (Å²) in [5.74, 6) is 0.876. The normalized spacial score (nSPS) is 14.2. The second-order valence-corrected chi connectivity index (χ2v) is 11.5. The maximum absolute atomic E-state index is 13.5. The molecular formula is C27H32N2O2S2. The Morgan fingerprint density at radius 3 is 2.09 bits per heavy atom. The van der Waals surface area contributed by atoms with E-state index in [1.165, 1.54) is 29.8 Å². The Bertz CT molecular complexity index is 1080. The number of thioether (sulfide) groups is 1. The zero-order valence-electron chi connectivity index (χ0n) is 19.0. The molecule has 0 spiro atoms. The van der Waals surface area contributed by atoms with Crippen molar-refractivity contribution in [1.29, 1.82) is 0 Å². The summed E-state index contributed by atoms with van der Waals surface area (Å²) in [6.07, 6.45) is 4.51. The van der Waals surface area contributed by atoms with Gasteiger partial charge in [0.1, 0.15) is 0 Å². The van der Waals surface area contributed by atoms with Gasteiger partial charge in [-0.05, 0) is 73.4 Å². The van der Waals surface area contributed by atoms with Crippen molar-refractivity contribution < 1.29 is 8.42 Å². The third-order valence-corrected chi connectivity index (χ3v) is 8.77. The van der Waals surface area contributed by atoms with Crippen LogP contribution in [0.25, 0.3) is 0 Å². The largest absolute Gasteiger partial charge is 0.372 e. The molecule has 6 heteroatoms. The van der Waals surface area contributed by atoms with Gasteiger partial charge in [0.2, 0.25) is 10.0 Å². The van der Waals surface area contributed by atoms with Crippen LogP contribution in [0.15, 0.2) is 89.8 Å². The highest BCUT2D eigenvalue weighted by atomic mass is 32.2. The first-order chi connectivity index (χ1) is 16.1. The van der Waals surface area contributed by atoms with Crippen molar-refractivity contribution in [2.24, 2.45) is 0 Å². The van der Waals surface area contributed by atoms with Gasteiger partial charge in [0.05, 0.1) is 11.4 Å². The van der Waals surface area contributed by atoms with Crippen LogP contribution in [0, 0.1) is 0 Å². The fourth-order valence-electron chi connectivity index (χ4n) is 4.19. The molecule has 0 saturated carbocycles. The van der Waals surface area contributed by atoms with Gasteiger partial charge in [-0.3, -0.25) is 4.31 Å². The first kappa shape index (κ1) is 23.7. The van der Waals surface area contributed by atoms with E-state index in [-0.39, 0.29) is 5.75 Å². The summed E-state index contributed by atoms with van der Waals surface area (Å²) in [6, 6.07) is 27.8. The van der Waals surface area contributed by atoms with Crippen molar-refractivity contribution in [3.05, 3.63) is 90.5 Å². The molecule has 1 fully saturated rings. The monoisotopic (exact) mass is 480 g/mol. The summed E-state index contributed by atoms with van der Waals surface area (Å²) in [7, 11) is -3.50. The molecule has 0 amide bonds. The molecule has 1 heterocycles. The van der Waals surface area contributed by atoms with E-state index >= 15 is 0 Å². The van der Waals surface area contributed by atoms with Crippen molar-refractivity contribution >= 4 is 33.2 Å². The number of hydrogen-bond acceptors (Lipinski definition) is 4. The Kier molecular flexibility index (Phi) is 8.35. The topological polar surface area (TPSA) is 40.6 Å². The molecule has 4 rings (SSSR count). The lowest BCUT2D eigenvalue weighted by atomic mass is 10.1. The number of sulfonamides is 1. The first-order valence-corrected chi connectivity index (χ1v) is 14.3. The molecule has 4 nitrogen and oxygen atoms in total. The van der Waals surface area contributed by atoms with Crippen molar-refractivity contribution in [2.45, 2.75) is 36.3 Å². The van der Waals surface area contributed by atoms with Crippen LogP contribution in [0.5, 0.6) is 0 Å². The summed E-state index contributed by atoms with van der Waals surface area (Å²) < 4.78 is 28.5. The fourth-order valence-corrected chi connectivity index (χ4v) is 6.67. The van der Waals surface area contributed by atoms with Crippen LogP contribution in [0.1, 0.15) is 31.2 Å². The fraction of sp³-hybridized carbons (Fsp3) is 0.333. The van der Waals surface area contributed by atoms with Crippen LogP contribution in [0.2, 0.25) is 0 Å². The van der Waals surface area contributed by atoms with Crippen LogP contribution in [-0.4, -0.2) is 33.8 Å². The smallest absolute Gasteiger partial charge is 0.239 e. The van der Waals surface area contributed by atoms with E-state index in [1.54, 1.807) is 16.1 Å². The molecule has 0 N–H and O–H groups in total. The highest BCUT2D eigenvalue weighted by Crippen LogP contribution is 2.27. The third kappa shape index (κ3) is 6.78. The predicted molar refractivity (Wildman–Crippen MR) is 141 cm³/mol. The van der Waals surface area contributed by atoms with Crippen molar-refractivity contribution in [3.8, 4) is 0 Å². The summed E-state index contributed by atoms with van der Waals surface area (Å²) in [5.41, 5.74) is 2.74. The van der Waals surface area contributed by atoms with Gasteiger partial charge in [-0.15, -0.1) is 11.8 Å². The number of piperidine rings is 1. The average molecular weight is 481 g/mol. The molecule has 3 aromatic carbocycles. The molecular weight excluding hydrogens is 448 g/mol. The van der Waals surface area contributed by atoms with Gasteiger partial charge in [0.25, 0.3) is 0 Å². The lowest BCUT2D eigenvalue weighted by molar-refractivity contribution is 0.578. The molecule has 0 aromatic heterocycles. The number of anilines is 2. The zero-order chi connectivity index (χ0) is 22.9. The molecule has 0 atom stereocenters. The second-order valence-electron chi connectivity index (χ2n) is 8.39. The van der Waals surface area contributed by atoms with Crippen molar-refractivity contribution in [3.63, 3.8) is 0 Å². The van der Waals surface area contributed by atoms with Crippen LogP contribution >= 0.6 is 11.8 Å². The SMILES string of the molecule is O=S(=O)(Cc1ccccc1)N(CCCSc1ccccc1)c1ccc(N2CCCCC2)cc1. The molecule has 0 bridgehead atoms. The molecule has 1 aliphatic rings. The van der Waals surface area contributed by atoms with Gasteiger partial charge in [0, 0.05) is 30.2 Å². The Hall–Kier alpha value is -2.44. The highest BCUT2D eigenvalue weighted by Gasteiger charge is 2.23. The summed E-state index contributed by atoms with van der Waals surface area (Å²) in [4.78, 5) is 3.61. The lowest BCUT2D eigenvalue weighted by Gasteiger charge is -2.30. The van der Waals surface area contributed by atoms with E-state index in [0.29, 0.717) is 6.54 Å². The molecule has 1 aliphatic heterocycles. The number of nitrogens with zero attached hydrogens (tertiary/aromatic N) is 2. The van der Waals surface area contributed by atoms with E-state index < -0.39 is 10.0 Å². The van der Waals surface area contributed by atoms with Crippen LogP contribution in [-0.2, 0) is 15.8 Å². The molecule has 3 aromatic rings. The van der Waals surface area contributed by atoms with E-state index in [4.69, 9.17) is 0 Å². The Balaban J connectivity index is 1.48. The van der Waals surface area contributed by atoms with Gasteiger partial charge < -0.3 is 4.90 Å². The van der Waals surface area contributed by atoms with Crippen LogP contribution < -0.4 is 9.21 Å². The zero-order valence-corrected chi connectivity index (χ0v) is 20.6. The standard InChI is InChI=1S/C27H32N2O2S2/c30-33(31,23-24-11-4-1-5-12-24)29(21-10-22-32-27-13-6-2-7-14-27)26-17-15-25(16-18-26)28-19-8-3-9-20-28/h1-2,4-7,11-18H,3,8-10,19-23H2.